The van der Waals surface area contributed by atoms with Gasteiger partial charge in [0, 0.05) is 36.9 Å². The van der Waals surface area contributed by atoms with Gasteiger partial charge in [-0.15, -0.1) is 0 Å². The van der Waals surface area contributed by atoms with Crippen molar-refractivity contribution in [2.24, 2.45) is 5.73 Å². The van der Waals surface area contributed by atoms with E-state index in [1.165, 1.54) is 5.56 Å². The highest BCUT2D eigenvalue weighted by Gasteiger charge is 2.11. The number of carbonyl (C=O) groups excluding carboxylic acids is 1. The maximum Gasteiger partial charge on any atom is 0.251 e. The van der Waals surface area contributed by atoms with Gasteiger partial charge >= 0.3 is 0 Å². The molecule has 40 heavy (non-hydrogen) atoms. The van der Waals surface area contributed by atoms with E-state index in [0.717, 1.165) is 24.9 Å². The van der Waals surface area contributed by atoms with Crippen molar-refractivity contribution in [2.75, 3.05) is 62.0 Å². The second-order valence-corrected chi connectivity index (χ2v) is 9.10. The van der Waals surface area contributed by atoms with Crippen LogP contribution in [0.4, 0.5) is 23.5 Å². The Kier molecular flexibility index (Phi) is 13.6. The summed E-state index contributed by atoms with van der Waals surface area (Å²) in [5.74, 6) is 1.25. The monoisotopic (exact) mass is 550 g/mol. The van der Waals surface area contributed by atoms with Crippen LogP contribution in [0.5, 0.6) is 0 Å². The fourth-order valence-electron chi connectivity index (χ4n) is 3.79. The van der Waals surface area contributed by atoms with Crippen molar-refractivity contribution in [1.29, 1.82) is 0 Å². The van der Waals surface area contributed by atoms with E-state index >= 15 is 0 Å². The van der Waals surface area contributed by atoms with Crippen LogP contribution in [0.3, 0.4) is 0 Å². The number of anilines is 4. The number of benzene rings is 2. The van der Waals surface area contributed by atoms with Crippen LogP contribution < -0.4 is 27.0 Å². The standard InChI is InChI=1S/C29H42N8O3/c1-3-24(4-2)33-28-35-27(32-16-14-22-8-6-5-7-9-22)36-29(37-28)34-25-12-10-23(11-13-25)26(38)31-17-19-40-21-20-39-18-15-30/h5-13,24H,3-4,14-21,30H2,1-2H3,(H,31,38)(H3,32,33,34,35,36,37). The van der Waals surface area contributed by atoms with E-state index in [-0.39, 0.29) is 11.9 Å². The summed E-state index contributed by atoms with van der Waals surface area (Å²) >= 11 is 0. The molecule has 3 rings (SSSR count). The molecular weight excluding hydrogens is 508 g/mol. The number of nitrogens with one attached hydrogen (secondary N) is 4. The van der Waals surface area contributed by atoms with E-state index in [0.29, 0.717) is 69.5 Å². The number of hydrogen-bond acceptors (Lipinski definition) is 10. The lowest BCUT2D eigenvalue weighted by Gasteiger charge is -2.16. The zero-order valence-corrected chi connectivity index (χ0v) is 23.5. The van der Waals surface area contributed by atoms with Crippen LogP contribution in [0.25, 0.3) is 0 Å². The van der Waals surface area contributed by atoms with Crippen LogP contribution in [0.1, 0.15) is 42.6 Å². The number of nitrogens with zero attached hydrogens (tertiary/aromatic N) is 3. The number of aromatic nitrogens is 3. The van der Waals surface area contributed by atoms with Gasteiger partial charge in [0.1, 0.15) is 0 Å². The number of rotatable bonds is 19. The fraction of sp³-hybridized carbons (Fsp3) is 0.448. The van der Waals surface area contributed by atoms with Gasteiger partial charge in [-0.1, -0.05) is 44.2 Å². The lowest BCUT2D eigenvalue weighted by atomic mass is 10.1. The molecule has 0 aliphatic carbocycles. The molecule has 1 aromatic heterocycles. The minimum atomic E-state index is -0.170. The average molecular weight is 551 g/mol. The summed E-state index contributed by atoms with van der Waals surface area (Å²) in [7, 11) is 0. The Labute approximate surface area is 236 Å². The van der Waals surface area contributed by atoms with Crippen LogP contribution in [0.2, 0.25) is 0 Å². The summed E-state index contributed by atoms with van der Waals surface area (Å²) < 4.78 is 10.7. The smallest absolute Gasteiger partial charge is 0.251 e. The highest BCUT2D eigenvalue weighted by atomic mass is 16.5. The Balaban J connectivity index is 1.56. The van der Waals surface area contributed by atoms with Crippen molar-refractivity contribution in [3.63, 3.8) is 0 Å². The molecule has 0 bridgehead atoms. The highest BCUT2D eigenvalue weighted by Crippen LogP contribution is 2.18. The van der Waals surface area contributed by atoms with Gasteiger partial charge in [0.25, 0.3) is 5.91 Å². The van der Waals surface area contributed by atoms with Gasteiger partial charge in [0.05, 0.1) is 26.4 Å². The minimum Gasteiger partial charge on any atom is -0.378 e. The third-order valence-electron chi connectivity index (χ3n) is 6.06. The largest absolute Gasteiger partial charge is 0.378 e. The Morgan fingerprint density at radius 1 is 0.825 bits per heavy atom. The van der Waals surface area contributed by atoms with Crippen molar-refractivity contribution >= 4 is 29.4 Å². The van der Waals surface area contributed by atoms with Crippen molar-refractivity contribution in [1.82, 2.24) is 20.3 Å². The molecular formula is C29H42N8O3. The molecule has 0 saturated heterocycles. The average Bonchev–Trinajstić information content (AvgIpc) is 2.98. The van der Waals surface area contributed by atoms with Gasteiger partial charge in [-0.25, -0.2) is 0 Å². The summed E-state index contributed by atoms with van der Waals surface area (Å²) in [4.78, 5) is 26.2. The maximum atomic E-state index is 12.5. The number of amides is 1. The molecule has 11 heteroatoms. The van der Waals surface area contributed by atoms with Gasteiger partial charge in [-0.05, 0) is 49.1 Å². The third-order valence-corrected chi connectivity index (χ3v) is 6.06. The molecule has 0 aliphatic rings. The highest BCUT2D eigenvalue weighted by molar-refractivity contribution is 5.94. The molecule has 6 N–H and O–H groups in total. The van der Waals surface area contributed by atoms with E-state index in [4.69, 9.17) is 15.2 Å². The van der Waals surface area contributed by atoms with E-state index < -0.39 is 0 Å². The van der Waals surface area contributed by atoms with Crippen LogP contribution in [-0.4, -0.2) is 73.0 Å². The quantitative estimate of drug-likeness (QED) is 0.140. The Bertz CT molecular complexity index is 1130. The molecule has 0 atom stereocenters. The number of ether oxygens (including phenoxy) is 2. The van der Waals surface area contributed by atoms with Crippen molar-refractivity contribution in [3.05, 3.63) is 65.7 Å². The SMILES string of the molecule is CCC(CC)Nc1nc(NCCc2ccccc2)nc(Nc2ccc(C(=O)NCCOCCOCCN)cc2)n1. The van der Waals surface area contributed by atoms with Gasteiger partial charge < -0.3 is 36.5 Å². The first-order valence-electron chi connectivity index (χ1n) is 13.9. The zero-order chi connectivity index (χ0) is 28.4. The fourth-order valence-corrected chi connectivity index (χ4v) is 3.79. The van der Waals surface area contributed by atoms with Gasteiger partial charge in [-0.2, -0.15) is 15.0 Å². The second kappa shape index (κ2) is 17.7. The Morgan fingerprint density at radius 2 is 1.50 bits per heavy atom. The summed E-state index contributed by atoms with van der Waals surface area (Å²) in [6.07, 6.45) is 2.77. The summed E-state index contributed by atoms with van der Waals surface area (Å²) in [6.45, 7) is 7.72. The molecule has 1 amide bonds. The summed E-state index contributed by atoms with van der Waals surface area (Å²) in [5.41, 5.74) is 7.91. The molecule has 0 spiro atoms. The number of hydrogen-bond donors (Lipinski definition) is 5. The molecule has 3 aromatic rings. The lowest BCUT2D eigenvalue weighted by Crippen LogP contribution is -2.27. The van der Waals surface area contributed by atoms with Crippen LogP contribution >= 0.6 is 0 Å². The first-order valence-corrected chi connectivity index (χ1v) is 13.9. The molecule has 0 aliphatic heterocycles. The number of nitrogens with two attached hydrogens (primary N) is 1. The van der Waals surface area contributed by atoms with Gasteiger partial charge in [-0.3, -0.25) is 4.79 Å². The first-order chi connectivity index (χ1) is 19.6. The van der Waals surface area contributed by atoms with Crippen LogP contribution in [0, 0.1) is 0 Å². The lowest BCUT2D eigenvalue weighted by molar-refractivity contribution is 0.0511. The van der Waals surface area contributed by atoms with Gasteiger partial charge in [0.15, 0.2) is 0 Å². The first kappa shape index (κ1) is 30.7. The topological polar surface area (TPSA) is 148 Å². The van der Waals surface area contributed by atoms with E-state index in [2.05, 4.69) is 62.2 Å². The molecule has 0 unspecified atom stereocenters. The Hall–Kier alpha value is -3.80. The van der Waals surface area contributed by atoms with Gasteiger partial charge in [0.2, 0.25) is 17.8 Å². The normalized spacial score (nSPS) is 10.9. The van der Waals surface area contributed by atoms with Crippen molar-refractivity contribution in [3.8, 4) is 0 Å². The molecule has 0 saturated carbocycles. The molecule has 0 radical (unpaired) electrons. The van der Waals surface area contributed by atoms with Crippen LogP contribution in [0.15, 0.2) is 54.6 Å². The zero-order valence-electron chi connectivity index (χ0n) is 23.5. The molecule has 0 fully saturated rings. The third kappa shape index (κ3) is 11.1. The minimum absolute atomic E-state index is 0.170. The molecule has 11 nitrogen and oxygen atoms in total. The molecule has 216 valence electrons. The maximum absolute atomic E-state index is 12.5. The predicted octanol–water partition coefficient (Wildman–Crippen LogP) is 3.59. The summed E-state index contributed by atoms with van der Waals surface area (Å²) in [6, 6.07) is 17.7. The number of carbonyl (C=O) groups is 1. The van der Waals surface area contributed by atoms with E-state index in [1.54, 1.807) is 12.1 Å². The Morgan fingerprint density at radius 3 is 2.20 bits per heavy atom. The molecule has 1 heterocycles. The van der Waals surface area contributed by atoms with E-state index in [1.807, 2.05) is 30.3 Å². The van der Waals surface area contributed by atoms with Crippen molar-refractivity contribution in [2.45, 2.75) is 39.2 Å². The predicted molar refractivity (Wildman–Crippen MR) is 159 cm³/mol. The van der Waals surface area contributed by atoms with Crippen LogP contribution in [-0.2, 0) is 15.9 Å². The summed E-state index contributed by atoms with van der Waals surface area (Å²) in [5, 5.41) is 12.8. The molecule has 2 aromatic carbocycles. The van der Waals surface area contributed by atoms with E-state index in [9.17, 15) is 4.79 Å². The second-order valence-electron chi connectivity index (χ2n) is 9.10. The van der Waals surface area contributed by atoms with Crippen molar-refractivity contribution < 1.29 is 14.3 Å².